The Morgan fingerprint density at radius 3 is 2.81 bits per heavy atom. The van der Waals surface area contributed by atoms with Crippen LogP contribution >= 0.6 is 11.3 Å². The zero-order valence-corrected chi connectivity index (χ0v) is 13.4. The predicted molar refractivity (Wildman–Crippen MR) is 86.5 cm³/mol. The molecule has 2 rings (SSSR count). The van der Waals surface area contributed by atoms with E-state index in [1.807, 2.05) is 6.92 Å². The molecular weight excluding hydrogens is 286 g/mol. The zero-order valence-electron chi connectivity index (χ0n) is 12.6. The number of hydrogen-bond donors (Lipinski definition) is 2. The van der Waals surface area contributed by atoms with Gasteiger partial charge >= 0.3 is 0 Å². The summed E-state index contributed by atoms with van der Waals surface area (Å²) in [6.45, 7) is 8.99. The Labute approximate surface area is 128 Å². The predicted octanol–water partition coefficient (Wildman–Crippen LogP) is 1.73. The van der Waals surface area contributed by atoms with Crippen molar-refractivity contribution in [1.82, 2.24) is 20.4 Å². The molecule has 1 unspecified atom stereocenters. The Balaban J connectivity index is 2.10. The number of nitrogens with two attached hydrogens (primary N) is 1. The fourth-order valence-corrected chi connectivity index (χ4v) is 3.19. The molecule has 7 heteroatoms. The number of nitrogen functional groups attached to an aromatic ring is 1. The van der Waals surface area contributed by atoms with Crippen molar-refractivity contribution in [2.75, 3.05) is 25.4 Å². The van der Waals surface area contributed by atoms with Gasteiger partial charge in [-0.15, -0.1) is 16.4 Å². The van der Waals surface area contributed by atoms with Crippen molar-refractivity contribution in [2.24, 2.45) is 0 Å². The Kier molecular flexibility index (Phi) is 5.08. The number of rotatable bonds is 6. The maximum absolute atomic E-state index is 12.4. The van der Waals surface area contributed by atoms with Crippen molar-refractivity contribution in [2.45, 2.75) is 26.8 Å². The minimum Gasteiger partial charge on any atom is -0.397 e. The lowest BCUT2D eigenvalue weighted by Crippen LogP contribution is -2.41. The fraction of sp³-hybridized carbons (Fsp3) is 0.500. The quantitative estimate of drug-likeness (QED) is 0.849. The lowest BCUT2D eigenvalue weighted by atomic mass is 10.2. The maximum atomic E-state index is 12.4. The van der Waals surface area contributed by atoms with Crippen LogP contribution in [0, 0.1) is 0 Å². The molecule has 0 aliphatic heterocycles. The second kappa shape index (κ2) is 6.82. The highest BCUT2D eigenvalue weighted by atomic mass is 32.1. The van der Waals surface area contributed by atoms with Crippen LogP contribution in [0.15, 0.2) is 12.3 Å². The summed E-state index contributed by atoms with van der Waals surface area (Å²) in [5, 5.41) is 11.6. The maximum Gasteiger partial charge on any atom is 0.263 e. The van der Waals surface area contributed by atoms with Gasteiger partial charge in [0.1, 0.15) is 9.71 Å². The van der Waals surface area contributed by atoms with Gasteiger partial charge in [-0.25, -0.2) is 0 Å². The minimum atomic E-state index is -0.143. The minimum absolute atomic E-state index is 0.0631. The number of hydrogen-bond acceptors (Lipinski definition) is 6. The van der Waals surface area contributed by atoms with Crippen molar-refractivity contribution in [3.8, 4) is 0 Å². The smallest absolute Gasteiger partial charge is 0.263 e. The molecule has 0 bridgehead atoms. The van der Waals surface area contributed by atoms with Crippen LogP contribution < -0.4 is 11.1 Å². The number of thiophene rings is 1. The highest BCUT2D eigenvalue weighted by Crippen LogP contribution is 2.31. The molecule has 0 aromatic carbocycles. The molecule has 1 atom stereocenters. The summed E-state index contributed by atoms with van der Waals surface area (Å²) in [5.41, 5.74) is 6.52. The lowest BCUT2D eigenvalue weighted by Gasteiger charge is -2.23. The van der Waals surface area contributed by atoms with E-state index in [4.69, 9.17) is 5.73 Å². The van der Waals surface area contributed by atoms with Crippen molar-refractivity contribution in [3.05, 3.63) is 17.1 Å². The summed E-state index contributed by atoms with van der Waals surface area (Å²) in [7, 11) is 0. The van der Waals surface area contributed by atoms with E-state index in [1.165, 1.54) is 11.3 Å². The third kappa shape index (κ3) is 3.48. The van der Waals surface area contributed by atoms with Crippen LogP contribution in [-0.2, 0) is 0 Å². The van der Waals surface area contributed by atoms with E-state index >= 15 is 0 Å². The average molecular weight is 307 g/mol. The van der Waals surface area contributed by atoms with Crippen LogP contribution in [0.3, 0.4) is 0 Å². The summed E-state index contributed by atoms with van der Waals surface area (Å²) in [6.07, 6.45) is 1.58. The molecule has 0 aliphatic rings. The van der Waals surface area contributed by atoms with Crippen LogP contribution in [0.25, 0.3) is 10.2 Å². The topological polar surface area (TPSA) is 84.1 Å². The van der Waals surface area contributed by atoms with E-state index in [9.17, 15) is 4.79 Å². The van der Waals surface area contributed by atoms with Crippen LogP contribution in [0.5, 0.6) is 0 Å². The number of likely N-dealkylation sites (N-methyl/N-ethyl adjacent to an activating group) is 1. The molecule has 6 nitrogen and oxygen atoms in total. The van der Waals surface area contributed by atoms with Gasteiger partial charge in [-0.1, -0.05) is 13.8 Å². The SMILES string of the molecule is CCN(CC)CC(C)NC(=O)c1sc2nnccc2c1N. The number of nitrogens with one attached hydrogen (secondary N) is 1. The molecule has 3 N–H and O–H groups in total. The Morgan fingerprint density at radius 1 is 1.48 bits per heavy atom. The number of fused-ring (bicyclic) bond motifs is 1. The van der Waals surface area contributed by atoms with Crippen molar-refractivity contribution >= 4 is 33.1 Å². The standard InChI is InChI=1S/C14H21N5OS/c1-4-19(5-2)8-9(3)17-13(20)12-11(15)10-6-7-16-18-14(10)21-12/h6-7,9H,4-5,8,15H2,1-3H3,(H,17,20). The molecule has 114 valence electrons. The van der Waals surface area contributed by atoms with Crippen LogP contribution in [-0.4, -0.2) is 46.7 Å². The van der Waals surface area contributed by atoms with Gasteiger partial charge < -0.3 is 16.0 Å². The lowest BCUT2D eigenvalue weighted by molar-refractivity contribution is 0.0935. The molecule has 21 heavy (non-hydrogen) atoms. The van der Waals surface area contributed by atoms with E-state index in [2.05, 4.69) is 34.3 Å². The van der Waals surface area contributed by atoms with Gasteiger partial charge in [0.2, 0.25) is 0 Å². The summed E-state index contributed by atoms with van der Waals surface area (Å²) in [5.74, 6) is -0.143. The number of carbonyl (C=O) groups is 1. The van der Waals surface area contributed by atoms with E-state index in [0.29, 0.717) is 15.4 Å². The monoisotopic (exact) mass is 307 g/mol. The van der Waals surface area contributed by atoms with Gasteiger partial charge in [0, 0.05) is 18.0 Å². The number of anilines is 1. The number of carbonyl (C=O) groups excluding carboxylic acids is 1. The summed E-state index contributed by atoms with van der Waals surface area (Å²) in [4.78, 5) is 15.8. The van der Waals surface area contributed by atoms with E-state index in [-0.39, 0.29) is 11.9 Å². The van der Waals surface area contributed by atoms with Gasteiger partial charge in [-0.3, -0.25) is 4.79 Å². The van der Waals surface area contributed by atoms with Crippen molar-refractivity contribution < 1.29 is 4.79 Å². The first-order valence-electron chi connectivity index (χ1n) is 7.09. The molecular formula is C14H21N5OS. The Bertz CT molecular complexity index is 623. The first kappa shape index (κ1) is 15.7. The molecule has 0 saturated carbocycles. The largest absolute Gasteiger partial charge is 0.397 e. The van der Waals surface area contributed by atoms with Gasteiger partial charge in [-0.2, -0.15) is 5.10 Å². The van der Waals surface area contributed by atoms with Crippen molar-refractivity contribution in [1.29, 1.82) is 0 Å². The molecule has 0 fully saturated rings. The molecule has 0 aliphatic carbocycles. The molecule has 2 heterocycles. The van der Waals surface area contributed by atoms with Crippen LogP contribution in [0.4, 0.5) is 5.69 Å². The summed E-state index contributed by atoms with van der Waals surface area (Å²) < 4.78 is 0. The van der Waals surface area contributed by atoms with Crippen LogP contribution in [0.1, 0.15) is 30.4 Å². The molecule has 2 aromatic rings. The van der Waals surface area contributed by atoms with E-state index in [1.54, 1.807) is 12.3 Å². The highest BCUT2D eigenvalue weighted by Gasteiger charge is 2.19. The number of nitrogens with zero attached hydrogens (tertiary/aromatic N) is 3. The summed E-state index contributed by atoms with van der Waals surface area (Å²) >= 11 is 1.28. The third-order valence-electron chi connectivity index (χ3n) is 3.43. The average Bonchev–Trinajstić information content (AvgIpc) is 2.82. The van der Waals surface area contributed by atoms with Crippen LogP contribution in [0.2, 0.25) is 0 Å². The van der Waals surface area contributed by atoms with Gasteiger partial charge in [-0.05, 0) is 26.1 Å². The first-order chi connectivity index (χ1) is 10.1. The highest BCUT2D eigenvalue weighted by molar-refractivity contribution is 7.21. The normalized spacial score (nSPS) is 12.8. The Morgan fingerprint density at radius 2 is 2.19 bits per heavy atom. The second-order valence-corrected chi connectivity index (χ2v) is 5.95. The molecule has 0 spiro atoms. The molecule has 1 amide bonds. The number of aromatic nitrogens is 2. The van der Waals surface area contributed by atoms with Gasteiger partial charge in [0.25, 0.3) is 5.91 Å². The zero-order chi connectivity index (χ0) is 15.4. The fourth-order valence-electron chi connectivity index (χ4n) is 2.25. The molecule has 0 radical (unpaired) electrons. The first-order valence-corrected chi connectivity index (χ1v) is 7.91. The Hall–Kier alpha value is -1.73. The third-order valence-corrected chi connectivity index (χ3v) is 4.53. The number of amides is 1. The molecule has 0 saturated heterocycles. The second-order valence-electron chi connectivity index (χ2n) is 4.96. The molecule has 2 aromatic heterocycles. The van der Waals surface area contributed by atoms with Gasteiger partial charge in [0.15, 0.2) is 0 Å². The van der Waals surface area contributed by atoms with E-state index < -0.39 is 0 Å². The van der Waals surface area contributed by atoms with Gasteiger partial charge in [0.05, 0.1) is 11.9 Å². The summed E-state index contributed by atoms with van der Waals surface area (Å²) in [6, 6.07) is 1.85. The van der Waals surface area contributed by atoms with E-state index in [0.717, 1.165) is 25.0 Å². The van der Waals surface area contributed by atoms with Crippen molar-refractivity contribution in [3.63, 3.8) is 0 Å².